The number of ether oxygens (including phenoxy) is 2. The van der Waals surface area contributed by atoms with E-state index in [4.69, 9.17) is 9.47 Å². The predicted octanol–water partition coefficient (Wildman–Crippen LogP) is 40.4. The fourth-order valence-electron chi connectivity index (χ4n) is 22.0. The first kappa shape index (κ1) is 101. The summed E-state index contributed by atoms with van der Waals surface area (Å²) in [6.45, 7) is 37.0. The Morgan fingerprint density at radius 1 is 0.250 bits per heavy atom. The standard InChI is InChI=1S/C132H164N2O2/c1-15-23-29-35-39-45-87-131(88-46-40-36-30-24-16-2)122-91-107(67-83-117(122)119-85-69-109(93-124(119)131)121-95-128(136-98-104-57-53-100(22-8)54-58-104)126(130(12,13)14)96-127(121)135-97-103-55-51-99(21-7)52-56-103)105-63-75-113(76-64-105)133(111-71-59-101(60-72-111)49-43-33-27-19-5)115-79-81-116(82-80-115)134(112-73-61-102(62-74-112)50-44-34-28-20-6)114-77-65-106(66-78-114)108-68-84-118-120-86-70-110(129(9,10)11)94-125(120)132(123(118)92-108,89-47-41-37-31-25-17-3)90-48-42-38-32-26-18-4/h21-22,51-86,91-96H,7-8,15-20,23-50,87-90,97-98H2,1-6,9-14H3. The molecule has 0 radical (unpaired) electrons. The van der Waals surface area contributed by atoms with Crippen molar-refractivity contribution in [1.29, 1.82) is 0 Å². The maximum absolute atomic E-state index is 7.18. The lowest BCUT2D eigenvalue weighted by atomic mass is 9.69. The van der Waals surface area contributed by atoms with E-state index in [2.05, 4.69) is 361 Å². The van der Waals surface area contributed by atoms with Gasteiger partial charge in [0, 0.05) is 56.1 Å². The Morgan fingerprint density at radius 2 is 0.529 bits per heavy atom. The van der Waals surface area contributed by atoms with Crippen LogP contribution in [-0.4, -0.2) is 0 Å². The van der Waals surface area contributed by atoms with Crippen LogP contribution in [0.4, 0.5) is 34.1 Å². The van der Waals surface area contributed by atoms with Gasteiger partial charge in [0.15, 0.2) is 0 Å². The number of aryl methyl sites for hydroxylation is 2. The van der Waals surface area contributed by atoms with Crippen molar-refractivity contribution in [2.45, 2.75) is 362 Å². The van der Waals surface area contributed by atoms with Gasteiger partial charge in [-0.05, 0) is 277 Å². The molecule has 2 aliphatic rings. The molecule has 2 aliphatic carbocycles. The summed E-state index contributed by atoms with van der Waals surface area (Å²) < 4.78 is 14.2. The van der Waals surface area contributed by atoms with Crippen LogP contribution in [0.25, 0.3) is 67.8 Å². The average Bonchev–Trinajstić information content (AvgIpc) is 1.56. The molecule has 0 unspecified atom stereocenters. The van der Waals surface area contributed by atoms with E-state index in [1.807, 2.05) is 12.2 Å². The lowest BCUT2D eigenvalue weighted by molar-refractivity contribution is 0.290. The Bertz CT molecular complexity index is 5700. The quantitative estimate of drug-likeness (QED) is 0.0355. The molecule has 14 rings (SSSR count). The first-order valence-corrected chi connectivity index (χ1v) is 53.9. The molecule has 0 aliphatic heterocycles. The van der Waals surface area contributed by atoms with Gasteiger partial charge in [-0.1, -0.05) is 453 Å². The topological polar surface area (TPSA) is 24.9 Å². The van der Waals surface area contributed by atoms with Gasteiger partial charge < -0.3 is 19.3 Å². The highest BCUT2D eigenvalue weighted by molar-refractivity contribution is 5.90. The molecule has 0 heterocycles. The van der Waals surface area contributed by atoms with Crippen molar-refractivity contribution in [3.8, 4) is 67.1 Å². The first-order valence-electron chi connectivity index (χ1n) is 53.9. The lowest BCUT2D eigenvalue weighted by Crippen LogP contribution is -2.26. The van der Waals surface area contributed by atoms with Gasteiger partial charge in [0.2, 0.25) is 0 Å². The van der Waals surface area contributed by atoms with E-state index in [0.717, 1.165) is 110 Å². The highest BCUT2D eigenvalue weighted by Gasteiger charge is 2.45. The molecule has 4 nitrogen and oxygen atoms in total. The number of hydrogen-bond donors (Lipinski definition) is 0. The maximum atomic E-state index is 7.18. The van der Waals surface area contributed by atoms with Crippen LogP contribution >= 0.6 is 0 Å². The van der Waals surface area contributed by atoms with E-state index >= 15 is 0 Å². The summed E-state index contributed by atoms with van der Waals surface area (Å²) in [4.78, 5) is 4.98. The minimum absolute atomic E-state index is 0.0208. The van der Waals surface area contributed by atoms with Gasteiger partial charge in [-0.25, -0.2) is 0 Å². The molecule has 136 heavy (non-hydrogen) atoms. The van der Waals surface area contributed by atoms with Crippen molar-refractivity contribution in [2.24, 2.45) is 0 Å². The molecule has 4 heteroatoms. The van der Waals surface area contributed by atoms with E-state index in [-0.39, 0.29) is 21.7 Å². The normalized spacial score (nSPS) is 12.9. The van der Waals surface area contributed by atoms with Gasteiger partial charge in [0.05, 0.1) is 0 Å². The number of unbranched alkanes of at least 4 members (excludes halogenated alkanes) is 26. The van der Waals surface area contributed by atoms with Crippen LogP contribution in [0.3, 0.4) is 0 Å². The van der Waals surface area contributed by atoms with Crippen molar-refractivity contribution in [3.63, 3.8) is 0 Å². The summed E-state index contributed by atoms with van der Waals surface area (Å²) in [6.07, 6.45) is 51.2. The van der Waals surface area contributed by atoms with E-state index in [9.17, 15) is 0 Å². The number of hydrogen-bond acceptors (Lipinski definition) is 4. The minimum Gasteiger partial charge on any atom is -0.489 e. The van der Waals surface area contributed by atoms with Gasteiger partial charge in [0.25, 0.3) is 0 Å². The SMILES string of the molecule is C=Cc1ccc(COc2cc(C(C)(C)C)c(OCc3ccc(C=C)cc3)cc2-c2ccc3c(c2)C(CCCCCCCC)(CCCCCCCC)c2cc(-c4ccc(N(c5ccc(CCCCCC)cc5)c5ccc(N(c6ccc(CCCCCC)cc6)c6ccc(-c7ccc8c(c7)C(CCCCCCCC)(CCCCCCCC)c7cc(C(C)(C)C)ccc7-8)cc6)cc5)cc4)ccc2-3)cc1. The molecule has 0 atom stereocenters. The molecule has 0 aromatic heterocycles. The second-order valence-corrected chi connectivity index (χ2v) is 42.3. The summed E-state index contributed by atoms with van der Waals surface area (Å²) >= 11 is 0. The molecule has 12 aromatic rings. The van der Waals surface area contributed by atoms with Crippen molar-refractivity contribution >= 4 is 46.3 Å². The van der Waals surface area contributed by atoms with Crippen LogP contribution < -0.4 is 19.3 Å². The third-order valence-electron chi connectivity index (χ3n) is 30.1. The van der Waals surface area contributed by atoms with Crippen molar-refractivity contribution in [3.05, 3.63) is 335 Å². The Hall–Kier alpha value is -10.7. The Kier molecular flexibility index (Phi) is 36.9. The Morgan fingerprint density at radius 3 is 0.868 bits per heavy atom. The van der Waals surface area contributed by atoms with Crippen LogP contribution in [0.5, 0.6) is 11.5 Å². The van der Waals surface area contributed by atoms with Crippen LogP contribution in [0.2, 0.25) is 0 Å². The number of fused-ring (bicyclic) bond motifs is 6. The molecule has 12 aromatic carbocycles. The molecular weight excluding hydrogens is 1650 g/mol. The number of benzene rings is 12. The highest BCUT2D eigenvalue weighted by Crippen LogP contribution is 2.59. The fourth-order valence-corrected chi connectivity index (χ4v) is 22.0. The molecule has 0 N–H and O–H groups in total. The number of anilines is 6. The minimum atomic E-state index is -0.246. The zero-order valence-corrected chi connectivity index (χ0v) is 85.8. The third kappa shape index (κ3) is 25.4. The van der Waals surface area contributed by atoms with Crippen molar-refractivity contribution < 1.29 is 9.47 Å². The van der Waals surface area contributed by atoms with Crippen LogP contribution in [0.1, 0.15) is 381 Å². The van der Waals surface area contributed by atoms with Gasteiger partial charge >= 0.3 is 0 Å². The molecular formula is C132H164N2O2. The molecule has 0 saturated carbocycles. The molecule has 0 spiro atoms. The molecule has 0 bridgehead atoms. The van der Waals surface area contributed by atoms with E-state index < -0.39 is 0 Å². The maximum Gasteiger partial charge on any atom is 0.128 e. The summed E-state index contributed by atoms with van der Waals surface area (Å²) in [5.74, 6) is 1.74. The molecule has 714 valence electrons. The third-order valence-corrected chi connectivity index (χ3v) is 30.1. The number of rotatable bonds is 55. The molecule has 0 amide bonds. The van der Waals surface area contributed by atoms with Gasteiger partial charge in [-0.2, -0.15) is 0 Å². The average molecular weight is 1810 g/mol. The zero-order chi connectivity index (χ0) is 95.3. The number of nitrogens with zero attached hydrogens (tertiary/aromatic N) is 2. The summed E-state index contributed by atoms with van der Waals surface area (Å²) in [7, 11) is 0. The summed E-state index contributed by atoms with van der Waals surface area (Å²) in [6, 6.07) is 99.6. The van der Waals surface area contributed by atoms with Gasteiger partial charge in [-0.15, -0.1) is 0 Å². The van der Waals surface area contributed by atoms with Crippen molar-refractivity contribution in [2.75, 3.05) is 9.80 Å². The summed E-state index contributed by atoms with van der Waals surface area (Å²) in [5, 5.41) is 0. The van der Waals surface area contributed by atoms with Crippen LogP contribution in [0.15, 0.2) is 268 Å². The highest BCUT2D eigenvalue weighted by atomic mass is 16.5. The molecule has 0 saturated heterocycles. The lowest BCUT2D eigenvalue weighted by Gasteiger charge is -2.34. The smallest absolute Gasteiger partial charge is 0.128 e. The largest absolute Gasteiger partial charge is 0.489 e. The Labute approximate surface area is 823 Å². The monoisotopic (exact) mass is 1810 g/mol. The zero-order valence-electron chi connectivity index (χ0n) is 85.8. The van der Waals surface area contributed by atoms with Crippen molar-refractivity contribution in [1.82, 2.24) is 0 Å². The summed E-state index contributed by atoms with van der Waals surface area (Å²) in [5.41, 5.74) is 35.2. The predicted molar refractivity (Wildman–Crippen MR) is 591 cm³/mol. The molecule has 0 fully saturated rings. The second kappa shape index (κ2) is 49.6. The fraction of sp³-hybridized carbons (Fsp3) is 0.424. The van der Waals surface area contributed by atoms with E-state index in [1.165, 1.54) is 291 Å². The first-order chi connectivity index (χ1) is 66.3. The Balaban J connectivity index is 0.829. The second-order valence-electron chi connectivity index (χ2n) is 42.3. The van der Waals surface area contributed by atoms with E-state index in [1.54, 1.807) is 11.1 Å². The van der Waals surface area contributed by atoms with Crippen LogP contribution in [-0.2, 0) is 47.7 Å². The van der Waals surface area contributed by atoms with Crippen LogP contribution in [0, 0.1) is 0 Å². The van der Waals surface area contributed by atoms with Gasteiger partial charge in [-0.3, -0.25) is 0 Å². The van der Waals surface area contributed by atoms with Gasteiger partial charge in [0.1, 0.15) is 24.7 Å². The van der Waals surface area contributed by atoms with E-state index in [0.29, 0.717) is 13.2 Å².